The summed E-state index contributed by atoms with van der Waals surface area (Å²) < 4.78 is 12.4. The lowest BCUT2D eigenvalue weighted by atomic mass is 9.86. The number of rotatable bonds is 2. The Morgan fingerprint density at radius 3 is 2.37 bits per heavy atom. The average Bonchev–Trinajstić information content (AvgIpc) is 2.50. The summed E-state index contributed by atoms with van der Waals surface area (Å²) in [5, 5.41) is 0. The fraction of sp³-hybridized carbons (Fsp3) is 0.600. The normalized spacial score (nSPS) is 16.9. The zero-order valence-corrected chi connectivity index (χ0v) is 13.4. The molecule has 0 amide bonds. The number of benzene rings is 1. The first kappa shape index (κ1) is 14.7. The fourth-order valence-electron chi connectivity index (χ4n) is 2.25. The Balaban J connectivity index is 2.28. The summed E-state index contributed by atoms with van der Waals surface area (Å²) in [7, 11) is 0. The van der Waals surface area contributed by atoms with Gasteiger partial charge < -0.3 is 15.2 Å². The maximum absolute atomic E-state index is 6.33. The average molecular weight is 328 g/mol. The molecule has 19 heavy (non-hydrogen) atoms. The van der Waals surface area contributed by atoms with Crippen LogP contribution < -0.4 is 15.2 Å². The van der Waals surface area contributed by atoms with Crippen molar-refractivity contribution in [2.45, 2.75) is 39.7 Å². The van der Waals surface area contributed by atoms with Gasteiger partial charge in [-0.2, -0.15) is 0 Å². The molecule has 0 aliphatic carbocycles. The van der Waals surface area contributed by atoms with Crippen molar-refractivity contribution in [3.8, 4) is 11.5 Å². The van der Waals surface area contributed by atoms with E-state index in [1.165, 1.54) is 0 Å². The first-order chi connectivity index (χ1) is 8.87. The molecule has 1 unspecified atom stereocenters. The number of halogens is 1. The number of nitrogens with two attached hydrogens (primary N) is 1. The smallest absolute Gasteiger partial charge is 0.162 e. The minimum Gasteiger partial charge on any atom is -0.490 e. The maximum Gasteiger partial charge on any atom is 0.162 e. The van der Waals surface area contributed by atoms with Crippen LogP contribution in [0.4, 0.5) is 0 Å². The molecule has 1 heterocycles. The Morgan fingerprint density at radius 1 is 1.21 bits per heavy atom. The van der Waals surface area contributed by atoms with Crippen LogP contribution >= 0.6 is 15.9 Å². The van der Waals surface area contributed by atoms with Crippen LogP contribution in [0, 0.1) is 5.41 Å². The van der Waals surface area contributed by atoms with Gasteiger partial charge in [0.25, 0.3) is 0 Å². The van der Waals surface area contributed by atoms with Crippen LogP contribution in [0.25, 0.3) is 0 Å². The van der Waals surface area contributed by atoms with Crippen LogP contribution in [0.1, 0.15) is 45.2 Å². The van der Waals surface area contributed by atoms with Crippen LogP contribution in [0.15, 0.2) is 16.6 Å². The highest BCUT2D eigenvalue weighted by atomic mass is 79.9. The van der Waals surface area contributed by atoms with E-state index in [0.29, 0.717) is 13.2 Å². The monoisotopic (exact) mass is 327 g/mol. The molecular formula is C15H22BrNO2. The van der Waals surface area contributed by atoms with Crippen LogP contribution in [-0.4, -0.2) is 13.2 Å². The van der Waals surface area contributed by atoms with E-state index in [1.54, 1.807) is 0 Å². The molecule has 106 valence electrons. The molecule has 1 aromatic rings. The predicted molar refractivity (Wildman–Crippen MR) is 80.7 cm³/mol. The Hall–Kier alpha value is -0.740. The standard InChI is InChI=1S/C15H22BrNO2/c1-15(2,3)9-12(17)10-7-13-14(8-11(10)16)19-6-4-5-18-13/h7-8,12H,4-6,9,17H2,1-3H3. The summed E-state index contributed by atoms with van der Waals surface area (Å²) >= 11 is 3.59. The second-order valence-corrected chi connectivity index (χ2v) is 7.10. The van der Waals surface area contributed by atoms with E-state index < -0.39 is 0 Å². The van der Waals surface area contributed by atoms with Gasteiger partial charge in [-0.05, 0) is 29.5 Å². The van der Waals surface area contributed by atoms with Gasteiger partial charge in [-0.3, -0.25) is 0 Å². The predicted octanol–water partition coefficient (Wildman–Crippen LogP) is 4.05. The van der Waals surface area contributed by atoms with Gasteiger partial charge in [0, 0.05) is 16.9 Å². The molecule has 0 radical (unpaired) electrons. The van der Waals surface area contributed by atoms with Crippen molar-refractivity contribution in [3.05, 3.63) is 22.2 Å². The topological polar surface area (TPSA) is 44.5 Å². The lowest BCUT2D eigenvalue weighted by molar-refractivity contribution is 0.296. The molecule has 0 spiro atoms. The highest BCUT2D eigenvalue weighted by Crippen LogP contribution is 2.39. The number of hydrogen-bond donors (Lipinski definition) is 1. The van der Waals surface area contributed by atoms with Crippen LogP contribution in [-0.2, 0) is 0 Å². The SMILES string of the molecule is CC(C)(C)CC(N)c1cc2c(cc1Br)OCCCO2. The molecule has 2 N–H and O–H groups in total. The number of hydrogen-bond acceptors (Lipinski definition) is 3. The molecule has 1 aliphatic heterocycles. The Labute approximate surface area is 123 Å². The van der Waals surface area contributed by atoms with E-state index in [-0.39, 0.29) is 11.5 Å². The van der Waals surface area contributed by atoms with Crippen molar-refractivity contribution < 1.29 is 9.47 Å². The Kier molecular flexibility index (Phi) is 4.41. The summed E-state index contributed by atoms with van der Waals surface area (Å²) in [6, 6.07) is 3.98. The second kappa shape index (κ2) is 5.71. The van der Waals surface area contributed by atoms with Gasteiger partial charge in [0.2, 0.25) is 0 Å². The van der Waals surface area contributed by atoms with E-state index in [4.69, 9.17) is 15.2 Å². The Bertz CT molecular complexity index is 454. The largest absolute Gasteiger partial charge is 0.490 e. The van der Waals surface area contributed by atoms with E-state index in [1.807, 2.05) is 12.1 Å². The molecule has 1 atom stereocenters. The molecule has 0 saturated carbocycles. The lowest BCUT2D eigenvalue weighted by Gasteiger charge is -2.24. The van der Waals surface area contributed by atoms with E-state index in [2.05, 4.69) is 36.7 Å². The molecule has 1 aliphatic rings. The molecular weight excluding hydrogens is 306 g/mol. The van der Waals surface area contributed by atoms with Crippen molar-refractivity contribution in [1.82, 2.24) is 0 Å². The highest BCUT2D eigenvalue weighted by molar-refractivity contribution is 9.10. The number of ether oxygens (including phenoxy) is 2. The van der Waals surface area contributed by atoms with Crippen molar-refractivity contribution in [2.24, 2.45) is 11.1 Å². The fourth-order valence-corrected chi connectivity index (χ4v) is 2.87. The first-order valence-electron chi connectivity index (χ1n) is 6.71. The summed E-state index contributed by atoms with van der Waals surface area (Å²) in [5.74, 6) is 1.61. The summed E-state index contributed by atoms with van der Waals surface area (Å²) in [4.78, 5) is 0. The minimum atomic E-state index is -0.00784. The lowest BCUT2D eigenvalue weighted by Crippen LogP contribution is -2.19. The third kappa shape index (κ3) is 3.86. The third-order valence-corrected chi connectivity index (χ3v) is 3.79. The zero-order chi connectivity index (χ0) is 14.0. The van der Waals surface area contributed by atoms with Gasteiger partial charge >= 0.3 is 0 Å². The van der Waals surface area contributed by atoms with Crippen molar-refractivity contribution in [1.29, 1.82) is 0 Å². The zero-order valence-electron chi connectivity index (χ0n) is 11.8. The van der Waals surface area contributed by atoms with Gasteiger partial charge in [0.1, 0.15) is 0 Å². The molecule has 0 fully saturated rings. The maximum atomic E-state index is 6.33. The van der Waals surface area contributed by atoms with Gasteiger partial charge in [0.15, 0.2) is 11.5 Å². The number of fused-ring (bicyclic) bond motifs is 1. The third-order valence-electron chi connectivity index (χ3n) is 3.10. The molecule has 4 heteroatoms. The summed E-state index contributed by atoms with van der Waals surface area (Å²) in [5.41, 5.74) is 7.61. The van der Waals surface area contributed by atoms with Crippen LogP contribution in [0.3, 0.4) is 0 Å². The molecule has 2 rings (SSSR count). The van der Waals surface area contributed by atoms with Crippen LogP contribution in [0.5, 0.6) is 11.5 Å². The Morgan fingerprint density at radius 2 is 1.79 bits per heavy atom. The van der Waals surface area contributed by atoms with E-state index in [9.17, 15) is 0 Å². The van der Waals surface area contributed by atoms with Crippen molar-refractivity contribution in [3.63, 3.8) is 0 Å². The van der Waals surface area contributed by atoms with Crippen LogP contribution in [0.2, 0.25) is 0 Å². The molecule has 0 saturated heterocycles. The van der Waals surface area contributed by atoms with Gasteiger partial charge in [-0.15, -0.1) is 0 Å². The summed E-state index contributed by atoms with van der Waals surface area (Å²) in [6.07, 6.45) is 1.83. The quantitative estimate of drug-likeness (QED) is 0.891. The molecule has 1 aromatic carbocycles. The van der Waals surface area contributed by atoms with E-state index >= 15 is 0 Å². The first-order valence-corrected chi connectivity index (χ1v) is 7.51. The van der Waals surface area contributed by atoms with Gasteiger partial charge in [-0.1, -0.05) is 36.7 Å². The van der Waals surface area contributed by atoms with Gasteiger partial charge in [0.05, 0.1) is 13.2 Å². The molecule has 0 aromatic heterocycles. The minimum absolute atomic E-state index is 0.00784. The van der Waals surface area contributed by atoms with Gasteiger partial charge in [-0.25, -0.2) is 0 Å². The summed E-state index contributed by atoms with van der Waals surface area (Å²) in [6.45, 7) is 7.99. The highest BCUT2D eigenvalue weighted by Gasteiger charge is 2.21. The molecule has 0 bridgehead atoms. The van der Waals surface area contributed by atoms with Crippen molar-refractivity contribution in [2.75, 3.05) is 13.2 Å². The second-order valence-electron chi connectivity index (χ2n) is 6.24. The van der Waals surface area contributed by atoms with Crippen molar-refractivity contribution >= 4 is 15.9 Å². The molecule has 3 nitrogen and oxygen atoms in total. The van der Waals surface area contributed by atoms with E-state index in [0.717, 1.165) is 34.4 Å².